The van der Waals surface area contributed by atoms with Crippen LogP contribution in [0.15, 0.2) is 29.1 Å². The van der Waals surface area contributed by atoms with Gasteiger partial charge < -0.3 is 4.52 Å². The second-order valence-electron chi connectivity index (χ2n) is 3.21. The molecule has 1 heterocycles. The highest BCUT2D eigenvalue weighted by molar-refractivity contribution is 5.72. The van der Waals surface area contributed by atoms with E-state index in [1.807, 2.05) is 0 Å². The molecule has 0 N–H and O–H groups in total. The summed E-state index contributed by atoms with van der Waals surface area (Å²) >= 11 is 0. The molecule has 0 amide bonds. The van der Waals surface area contributed by atoms with Crippen molar-refractivity contribution < 1.29 is 22.6 Å². The van der Waals surface area contributed by atoms with E-state index in [2.05, 4.69) is 14.7 Å². The lowest BCUT2D eigenvalue weighted by Crippen LogP contribution is -2.09. The largest absolute Gasteiger partial charge is 0.417 e. The summed E-state index contributed by atoms with van der Waals surface area (Å²) in [5, 5.41) is 14.0. The number of benzene rings is 1. The quantitative estimate of drug-likeness (QED) is 0.611. The van der Waals surface area contributed by atoms with Crippen molar-refractivity contribution in [2.75, 3.05) is 0 Å². The summed E-state index contributed by atoms with van der Waals surface area (Å²) in [6.45, 7) is 0. The summed E-state index contributed by atoms with van der Waals surface area (Å²) < 4.78 is 42.6. The lowest BCUT2D eigenvalue weighted by atomic mass is 10.0. The van der Waals surface area contributed by atoms with Gasteiger partial charge in [0.2, 0.25) is 12.2 Å². The summed E-state index contributed by atoms with van der Waals surface area (Å²) in [5.74, 6) is -0.477. The smallest absolute Gasteiger partial charge is 0.342 e. The third-order valence-corrected chi connectivity index (χ3v) is 2.13. The molecule has 0 spiro atoms. The Balaban J connectivity index is 2.77. The van der Waals surface area contributed by atoms with Crippen molar-refractivity contribution >= 4 is 5.69 Å². The van der Waals surface area contributed by atoms with Crippen molar-refractivity contribution in [2.24, 2.45) is 0 Å². The number of nitro groups is 1. The molecule has 1 aromatic heterocycles. The lowest BCUT2D eigenvalue weighted by Gasteiger charge is -2.10. The molecule has 0 aliphatic carbocycles. The molecule has 18 heavy (non-hydrogen) atoms. The SMILES string of the molecule is O=[N+]([O-])c1cccc(C(F)(F)F)c1-c1ncon1. The van der Waals surface area contributed by atoms with Gasteiger partial charge in [-0.25, -0.2) is 0 Å². The Bertz CT molecular complexity index is 580. The van der Waals surface area contributed by atoms with Crippen LogP contribution in [0, 0.1) is 10.1 Å². The van der Waals surface area contributed by atoms with E-state index in [4.69, 9.17) is 0 Å². The number of hydrogen-bond acceptors (Lipinski definition) is 5. The summed E-state index contributed by atoms with van der Waals surface area (Å²) in [4.78, 5) is 13.2. The van der Waals surface area contributed by atoms with E-state index in [1.165, 1.54) is 0 Å². The average Bonchev–Trinajstić information content (AvgIpc) is 2.79. The van der Waals surface area contributed by atoms with Crippen LogP contribution in [-0.2, 0) is 6.18 Å². The normalized spacial score (nSPS) is 11.5. The Morgan fingerprint density at radius 2 is 2.06 bits per heavy atom. The number of alkyl halides is 3. The molecule has 0 saturated carbocycles. The molecule has 0 saturated heterocycles. The molecule has 0 unspecified atom stereocenters. The number of nitrogens with zero attached hydrogens (tertiary/aromatic N) is 3. The van der Waals surface area contributed by atoms with Crippen LogP contribution < -0.4 is 0 Å². The predicted molar refractivity (Wildman–Crippen MR) is 51.4 cm³/mol. The standard InChI is InChI=1S/C9H4F3N3O3/c10-9(11,12)5-2-1-3-6(15(16)17)7(5)8-13-4-18-14-8/h1-4H. The van der Waals surface area contributed by atoms with Crippen LogP contribution in [0.25, 0.3) is 11.4 Å². The minimum atomic E-state index is -4.75. The van der Waals surface area contributed by atoms with E-state index in [-0.39, 0.29) is 0 Å². The van der Waals surface area contributed by atoms with Gasteiger partial charge in [0.15, 0.2) is 0 Å². The molecular formula is C9H4F3N3O3. The average molecular weight is 259 g/mol. The first-order valence-electron chi connectivity index (χ1n) is 4.52. The fraction of sp³-hybridized carbons (Fsp3) is 0.111. The highest BCUT2D eigenvalue weighted by Gasteiger charge is 2.38. The second kappa shape index (κ2) is 4.09. The maximum absolute atomic E-state index is 12.8. The molecule has 0 radical (unpaired) electrons. The molecule has 0 fully saturated rings. The first-order valence-corrected chi connectivity index (χ1v) is 4.52. The molecule has 6 nitrogen and oxygen atoms in total. The minimum absolute atomic E-state index is 0.477. The van der Waals surface area contributed by atoms with Gasteiger partial charge in [-0.1, -0.05) is 11.2 Å². The summed E-state index contributed by atoms with van der Waals surface area (Å²) in [6, 6.07) is 2.62. The molecule has 0 aliphatic rings. The third kappa shape index (κ3) is 2.01. The number of aromatic nitrogens is 2. The van der Waals surface area contributed by atoms with Crippen molar-refractivity contribution in [3.8, 4) is 11.4 Å². The minimum Gasteiger partial charge on any atom is -0.342 e. The van der Waals surface area contributed by atoms with Gasteiger partial charge in [0, 0.05) is 6.07 Å². The zero-order valence-corrected chi connectivity index (χ0v) is 8.51. The van der Waals surface area contributed by atoms with Crippen LogP contribution in [0.1, 0.15) is 5.56 Å². The van der Waals surface area contributed by atoms with Crippen LogP contribution in [0.4, 0.5) is 18.9 Å². The summed E-state index contributed by atoms with van der Waals surface area (Å²) in [7, 11) is 0. The van der Waals surface area contributed by atoms with E-state index in [1.54, 1.807) is 0 Å². The summed E-state index contributed by atoms with van der Waals surface area (Å²) in [5.41, 5.74) is -2.62. The second-order valence-corrected chi connectivity index (χ2v) is 3.21. The van der Waals surface area contributed by atoms with Gasteiger partial charge in [-0.2, -0.15) is 18.2 Å². The van der Waals surface area contributed by atoms with E-state index in [0.717, 1.165) is 24.6 Å². The van der Waals surface area contributed by atoms with Crippen molar-refractivity contribution in [3.05, 3.63) is 40.3 Å². The Kier molecular flexibility index (Phi) is 2.73. The lowest BCUT2D eigenvalue weighted by molar-refractivity contribution is -0.384. The zero-order valence-electron chi connectivity index (χ0n) is 8.51. The van der Waals surface area contributed by atoms with E-state index in [9.17, 15) is 23.3 Å². The Labute approximate surface area is 97.2 Å². The maximum Gasteiger partial charge on any atom is 0.417 e. The van der Waals surface area contributed by atoms with Crippen LogP contribution in [0.3, 0.4) is 0 Å². The van der Waals surface area contributed by atoms with Crippen molar-refractivity contribution in [1.29, 1.82) is 0 Å². The maximum atomic E-state index is 12.8. The van der Waals surface area contributed by atoms with Crippen molar-refractivity contribution in [1.82, 2.24) is 10.1 Å². The fourth-order valence-electron chi connectivity index (χ4n) is 1.44. The van der Waals surface area contributed by atoms with Crippen LogP contribution in [-0.4, -0.2) is 15.1 Å². The van der Waals surface area contributed by atoms with Crippen LogP contribution >= 0.6 is 0 Å². The monoisotopic (exact) mass is 259 g/mol. The van der Waals surface area contributed by atoms with Crippen molar-refractivity contribution in [3.63, 3.8) is 0 Å². The number of nitro benzene ring substituents is 1. The highest BCUT2D eigenvalue weighted by atomic mass is 19.4. The zero-order chi connectivity index (χ0) is 13.3. The molecule has 9 heteroatoms. The Morgan fingerprint density at radius 3 is 2.56 bits per heavy atom. The van der Waals surface area contributed by atoms with Gasteiger partial charge in [0.25, 0.3) is 5.69 Å². The van der Waals surface area contributed by atoms with Crippen LogP contribution in [0.5, 0.6) is 0 Å². The van der Waals surface area contributed by atoms with Gasteiger partial charge in [0.1, 0.15) is 5.56 Å². The molecule has 2 rings (SSSR count). The van der Waals surface area contributed by atoms with E-state index < -0.39 is 33.7 Å². The first-order chi connectivity index (χ1) is 8.41. The van der Waals surface area contributed by atoms with Gasteiger partial charge in [-0.3, -0.25) is 10.1 Å². The van der Waals surface area contributed by atoms with Gasteiger partial charge >= 0.3 is 6.18 Å². The van der Waals surface area contributed by atoms with E-state index >= 15 is 0 Å². The Hall–Kier alpha value is -2.45. The molecule has 94 valence electrons. The number of hydrogen-bond donors (Lipinski definition) is 0. The first kappa shape index (κ1) is 12.0. The van der Waals surface area contributed by atoms with Crippen LogP contribution in [0.2, 0.25) is 0 Å². The summed E-state index contributed by atoms with van der Waals surface area (Å²) in [6.07, 6.45) is -3.95. The predicted octanol–water partition coefficient (Wildman–Crippen LogP) is 2.66. The van der Waals surface area contributed by atoms with Gasteiger partial charge in [-0.15, -0.1) is 0 Å². The third-order valence-electron chi connectivity index (χ3n) is 2.13. The molecular weight excluding hydrogens is 255 g/mol. The number of halogens is 3. The highest BCUT2D eigenvalue weighted by Crippen LogP contribution is 2.40. The Morgan fingerprint density at radius 1 is 1.33 bits per heavy atom. The topological polar surface area (TPSA) is 82.1 Å². The molecule has 0 aliphatic heterocycles. The fourth-order valence-corrected chi connectivity index (χ4v) is 1.44. The molecule has 2 aromatic rings. The van der Waals surface area contributed by atoms with E-state index in [0.29, 0.717) is 0 Å². The molecule has 0 atom stereocenters. The molecule has 0 bridgehead atoms. The van der Waals surface area contributed by atoms with Gasteiger partial charge in [-0.05, 0) is 6.07 Å². The number of rotatable bonds is 2. The molecule has 1 aromatic carbocycles. The van der Waals surface area contributed by atoms with Crippen molar-refractivity contribution in [2.45, 2.75) is 6.18 Å². The van der Waals surface area contributed by atoms with Gasteiger partial charge in [0.05, 0.1) is 10.5 Å².